The van der Waals surface area contributed by atoms with Crippen molar-refractivity contribution in [2.45, 2.75) is 13.5 Å². The topological polar surface area (TPSA) is 71.3 Å². The van der Waals surface area contributed by atoms with Crippen molar-refractivity contribution in [3.8, 4) is 11.1 Å². The van der Waals surface area contributed by atoms with E-state index in [2.05, 4.69) is 10.6 Å². The van der Waals surface area contributed by atoms with E-state index in [1.807, 2.05) is 55.5 Å². The smallest absolute Gasteiger partial charge is 0.291 e. The van der Waals surface area contributed by atoms with Gasteiger partial charge in [0.05, 0.1) is 6.26 Å². The van der Waals surface area contributed by atoms with Gasteiger partial charge in [-0.1, -0.05) is 41.9 Å². The molecule has 0 atom stereocenters. The zero-order chi connectivity index (χ0) is 22.5. The van der Waals surface area contributed by atoms with Crippen LogP contribution in [0.2, 0.25) is 5.02 Å². The lowest BCUT2D eigenvalue weighted by Crippen LogP contribution is -2.22. The van der Waals surface area contributed by atoms with Gasteiger partial charge in [-0.2, -0.15) is 0 Å². The number of carbonyl (C=O) groups excluding carboxylic acids is 2. The minimum Gasteiger partial charge on any atom is -0.459 e. The standard InChI is InChI=1S/C26H21ClN2O3/c1-17-7-12-22(29-26(31)24-6-3-13-32-24)15-23(17)19-8-10-20(11-9-19)25(30)28-16-18-4-2-5-21(27)14-18/h2-15H,16H2,1H3,(H,28,30)(H,29,31). The number of hydrogen-bond donors (Lipinski definition) is 2. The fraction of sp³-hybridized carbons (Fsp3) is 0.0769. The fourth-order valence-electron chi connectivity index (χ4n) is 3.34. The molecule has 0 bridgehead atoms. The minimum atomic E-state index is -0.309. The molecule has 32 heavy (non-hydrogen) atoms. The molecule has 0 saturated carbocycles. The Labute approximate surface area is 191 Å². The molecule has 2 N–H and O–H groups in total. The molecule has 6 heteroatoms. The number of carbonyl (C=O) groups is 2. The fourth-order valence-corrected chi connectivity index (χ4v) is 3.56. The zero-order valence-corrected chi connectivity index (χ0v) is 18.1. The van der Waals surface area contributed by atoms with Crippen LogP contribution < -0.4 is 10.6 Å². The van der Waals surface area contributed by atoms with Crippen LogP contribution >= 0.6 is 11.6 Å². The van der Waals surface area contributed by atoms with Gasteiger partial charge in [0.1, 0.15) is 0 Å². The van der Waals surface area contributed by atoms with Crippen molar-refractivity contribution in [2.75, 3.05) is 5.32 Å². The number of anilines is 1. The van der Waals surface area contributed by atoms with Crippen LogP contribution in [0.3, 0.4) is 0 Å². The average Bonchev–Trinajstić information content (AvgIpc) is 3.34. The molecule has 0 fully saturated rings. The highest BCUT2D eigenvalue weighted by atomic mass is 35.5. The number of aryl methyl sites for hydroxylation is 1. The first-order valence-corrected chi connectivity index (χ1v) is 10.5. The van der Waals surface area contributed by atoms with Crippen LogP contribution in [0.5, 0.6) is 0 Å². The average molecular weight is 445 g/mol. The molecule has 5 nitrogen and oxygen atoms in total. The molecule has 0 aliphatic heterocycles. The molecule has 0 aliphatic rings. The molecular weight excluding hydrogens is 424 g/mol. The SMILES string of the molecule is Cc1ccc(NC(=O)c2ccco2)cc1-c1ccc(C(=O)NCc2cccc(Cl)c2)cc1. The number of nitrogens with one attached hydrogen (secondary N) is 2. The van der Waals surface area contributed by atoms with Gasteiger partial charge in [0.25, 0.3) is 11.8 Å². The summed E-state index contributed by atoms with van der Waals surface area (Å²) in [5.41, 5.74) is 5.13. The number of rotatable bonds is 6. The molecule has 0 saturated heterocycles. The lowest BCUT2D eigenvalue weighted by atomic mass is 9.98. The molecular formula is C26H21ClN2O3. The van der Waals surface area contributed by atoms with Crippen molar-refractivity contribution in [3.05, 3.63) is 113 Å². The maximum Gasteiger partial charge on any atom is 0.291 e. The Bertz CT molecular complexity index is 1250. The van der Waals surface area contributed by atoms with Gasteiger partial charge in [-0.25, -0.2) is 0 Å². The third kappa shape index (κ3) is 5.07. The first-order valence-electron chi connectivity index (χ1n) is 10.1. The van der Waals surface area contributed by atoms with Crippen LogP contribution in [0, 0.1) is 6.92 Å². The lowest BCUT2D eigenvalue weighted by molar-refractivity contribution is 0.0949. The van der Waals surface area contributed by atoms with E-state index >= 15 is 0 Å². The minimum absolute atomic E-state index is 0.160. The van der Waals surface area contributed by atoms with Crippen molar-refractivity contribution in [3.63, 3.8) is 0 Å². The van der Waals surface area contributed by atoms with Gasteiger partial charge < -0.3 is 15.1 Å². The summed E-state index contributed by atoms with van der Waals surface area (Å²) < 4.78 is 5.14. The van der Waals surface area contributed by atoms with Gasteiger partial charge in [-0.05, 0) is 77.7 Å². The summed E-state index contributed by atoms with van der Waals surface area (Å²) in [7, 11) is 0. The molecule has 2 amide bonds. The van der Waals surface area contributed by atoms with Crippen molar-refractivity contribution in [1.82, 2.24) is 5.32 Å². The number of halogens is 1. The zero-order valence-electron chi connectivity index (χ0n) is 17.4. The molecule has 1 aromatic heterocycles. The molecule has 1 heterocycles. The molecule has 3 aromatic carbocycles. The van der Waals surface area contributed by atoms with Crippen LogP contribution in [-0.4, -0.2) is 11.8 Å². The maximum atomic E-state index is 12.5. The monoisotopic (exact) mass is 444 g/mol. The highest BCUT2D eigenvalue weighted by Gasteiger charge is 2.11. The number of furan rings is 1. The predicted molar refractivity (Wildman–Crippen MR) is 126 cm³/mol. The molecule has 0 radical (unpaired) electrons. The quantitative estimate of drug-likeness (QED) is 0.378. The van der Waals surface area contributed by atoms with E-state index in [1.54, 1.807) is 30.3 Å². The highest BCUT2D eigenvalue weighted by Crippen LogP contribution is 2.27. The van der Waals surface area contributed by atoms with Crippen LogP contribution in [0.4, 0.5) is 5.69 Å². The van der Waals surface area contributed by atoms with Gasteiger partial charge in [0.2, 0.25) is 0 Å². The van der Waals surface area contributed by atoms with Crippen LogP contribution in [0.15, 0.2) is 89.5 Å². The van der Waals surface area contributed by atoms with Gasteiger partial charge >= 0.3 is 0 Å². The molecule has 160 valence electrons. The Morgan fingerprint density at radius 3 is 2.44 bits per heavy atom. The Kier molecular flexibility index (Phi) is 6.38. The summed E-state index contributed by atoms with van der Waals surface area (Å²) in [6.07, 6.45) is 1.46. The molecule has 0 unspecified atom stereocenters. The summed E-state index contributed by atoms with van der Waals surface area (Å²) in [5.74, 6) is -0.218. The second-order valence-electron chi connectivity index (χ2n) is 7.35. The summed E-state index contributed by atoms with van der Waals surface area (Å²) >= 11 is 5.99. The summed E-state index contributed by atoms with van der Waals surface area (Å²) in [6, 6.07) is 23.7. The Hall–Kier alpha value is -3.83. The van der Waals surface area contributed by atoms with E-state index in [0.717, 1.165) is 22.3 Å². The third-order valence-corrected chi connectivity index (χ3v) is 5.28. The van der Waals surface area contributed by atoms with Gasteiger partial charge in [-0.15, -0.1) is 0 Å². The number of hydrogen-bond acceptors (Lipinski definition) is 3. The van der Waals surface area contributed by atoms with Gasteiger partial charge in [0, 0.05) is 22.8 Å². The van der Waals surface area contributed by atoms with Crippen molar-refractivity contribution in [1.29, 1.82) is 0 Å². The van der Waals surface area contributed by atoms with E-state index in [-0.39, 0.29) is 17.6 Å². The lowest BCUT2D eigenvalue weighted by Gasteiger charge is -2.11. The second-order valence-corrected chi connectivity index (χ2v) is 7.79. The maximum absolute atomic E-state index is 12.5. The van der Waals surface area contributed by atoms with Crippen LogP contribution in [0.1, 0.15) is 32.0 Å². The molecule has 4 rings (SSSR count). The van der Waals surface area contributed by atoms with Crippen molar-refractivity contribution in [2.24, 2.45) is 0 Å². The normalized spacial score (nSPS) is 10.6. The van der Waals surface area contributed by atoms with E-state index < -0.39 is 0 Å². The highest BCUT2D eigenvalue weighted by molar-refractivity contribution is 6.30. The largest absolute Gasteiger partial charge is 0.459 e. The summed E-state index contributed by atoms with van der Waals surface area (Å²) in [5, 5.41) is 6.38. The van der Waals surface area contributed by atoms with E-state index in [0.29, 0.717) is 22.8 Å². The Morgan fingerprint density at radius 1 is 0.906 bits per heavy atom. The van der Waals surface area contributed by atoms with Gasteiger partial charge in [0.15, 0.2) is 5.76 Å². The van der Waals surface area contributed by atoms with Crippen molar-refractivity contribution < 1.29 is 14.0 Å². The van der Waals surface area contributed by atoms with E-state index in [4.69, 9.17) is 16.0 Å². The van der Waals surface area contributed by atoms with Crippen LogP contribution in [-0.2, 0) is 6.54 Å². The molecule has 0 spiro atoms. The Morgan fingerprint density at radius 2 is 1.72 bits per heavy atom. The van der Waals surface area contributed by atoms with E-state index in [9.17, 15) is 9.59 Å². The summed E-state index contributed by atoms with van der Waals surface area (Å²) in [4.78, 5) is 24.8. The van der Waals surface area contributed by atoms with Crippen LogP contribution in [0.25, 0.3) is 11.1 Å². The Balaban J connectivity index is 1.46. The molecule has 0 aliphatic carbocycles. The van der Waals surface area contributed by atoms with E-state index in [1.165, 1.54) is 6.26 Å². The second kappa shape index (κ2) is 9.54. The molecule has 4 aromatic rings. The summed E-state index contributed by atoms with van der Waals surface area (Å²) in [6.45, 7) is 2.40. The number of amides is 2. The number of benzene rings is 3. The first kappa shape index (κ1) is 21.4. The van der Waals surface area contributed by atoms with Gasteiger partial charge in [-0.3, -0.25) is 9.59 Å². The first-order chi connectivity index (χ1) is 15.5. The van der Waals surface area contributed by atoms with Crippen molar-refractivity contribution >= 4 is 29.1 Å². The predicted octanol–water partition coefficient (Wildman–Crippen LogP) is 6.09. The third-order valence-electron chi connectivity index (χ3n) is 5.04.